The molecule has 6 heteroatoms. The molecule has 0 bridgehead atoms. The van der Waals surface area contributed by atoms with Crippen molar-refractivity contribution in [3.05, 3.63) is 89.0 Å². The van der Waals surface area contributed by atoms with E-state index in [2.05, 4.69) is 0 Å². The van der Waals surface area contributed by atoms with Crippen LogP contribution in [0.2, 0.25) is 0 Å². The second-order valence-electron chi connectivity index (χ2n) is 7.07. The van der Waals surface area contributed by atoms with Gasteiger partial charge in [-0.2, -0.15) is 8.97 Å². The van der Waals surface area contributed by atoms with E-state index in [9.17, 15) is 8.78 Å². The number of ether oxygens (including phenoxy) is 2. The summed E-state index contributed by atoms with van der Waals surface area (Å²) in [5.41, 5.74) is 3.35. The topological polar surface area (TPSA) is 21.5 Å². The Morgan fingerprint density at radius 1 is 0.862 bits per heavy atom. The summed E-state index contributed by atoms with van der Waals surface area (Å²) >= 11 is 0. The normalized spacial score (nSPS) is 17.0. The summed E-state index contributed by atoms with van der Waals surface area (Å²) in [5.74, 6) is 0.623. The zero-order valence-corrected chi connectivity index (χ0v) is 16.4. The summed E-state index contributed by atoms with van der Waals surface area (Å²) in [5, 5.41) is 0. The van der Waals surface area contributed by atoms with Gasteiger partial charge in [-0.25, -0.2) is 4.39 Å². The average molecular weight is 414 g/mol. The molecule has 3 nitrogen and oxygen atoms in total. The highest BCUT2D eigenvalue weighted by molar-refractivity contribution is 6.12. The molecule has 0 saturated heterocycles. The van der Waals surface area contributed by atoms with Crippen LogP contribution in [-0.4, -0.2) is 23.1 Å². The van der Waals surface area contributed by atoms with Crippen molar-refractivity contribution in [1.29, 1.82) is 0 Å². The molecule has 1 unspecified atom stereocenters. The lowest BCUT2D eigenvalue weighted by molar-refractivity contribution is -0.483. The molecule has 0 radical (unpaired) electrons. The van der Waals surface area contributed by atoms with E-state index in [0.717, 1.165) is 11.1 Å². The molecule has 0 spiro atoms. The van der Waals surface area contributed by atoms with Gasteiger partial charge < -0.3 is 21.9 Å². The number of para-hydroxylation sites is 1. The van der Waals surface area contributed by atoms with Crippen LogP contribution in [0.4, 0.5) is 14.5 Å². The summed E-state index contributed by atoms with van der Waals surface area (Å²) in [7, 11) is 0. The zero-order chi connectivity index (χ0) is 19.3. The Morgan fingerprint density at radius 3 is 2.24 bits per heavy atom. The second kappa shape index (κ2) is 7.48. The van der Waals surface area contributed by atoms with Gasteiger partial charge in [0.1, 0.15) is 5.82 Å². The highest BCUT2D eigenvalue weighted by atomic mass is 35.5. The maximum Gasteiger partial charge on any atom is 0.242 e. The van der Waals surface area contributed by atoms with Crippen molar-refractivity contribution in [2.24, 2.45) is 0 Å². The molecule has 3 aromatic carbocycles. The van der Waals surface area contributed by atoms with Crippen molar-refractivity contribution in [2.75, 3.05) is 6.79 Å². The number of hydrogen-bond donors (Lipinski definition) is 0. The molecular formula is C23H18ClF2NO2. The quantitative estimate of drug-likeness (QED) is 0.598. The Balaban J connectivity index is 0.00000205. The lowest BCUT2D eigenvalue weighted by atomic mass is 9.88. The molecule has 0 amide bonds. The van der Waals surface area contributed by atoms with Crippen LogP contribution in [0.15, 0.2) is 60.7 Å². The molecule has 3 aromatic rings. The minimum atomic E-state index is -0.350. The highest BCUT2D eigenvalue weighted by Gasteiger charge is 2.37. The van der Waals surface area contributed by atoms with Crippen molar-refractivity contribution in [3.63, 3.8) is 0 Å². The van der Waals surface area contributed by atoms with Crippen LogP contribution in [0.3, 0.4) is 0 Å². The fourth-order valence-electron chi connectivity index (χ4n) is 4.07. The third-order valence-corrected chi connectivity index (χ3v) is 5.29. The Morgan fingerprint density at radius 2 is 1.52 bits per heavy atom. The van der Waals surface area contributed by atoms with Crippen molar-refractivity contribution < 1.29 is 35.2 Å². The van der Waals surface area contributed by atoms with Gasteiger partial charge in [-0.15, -0.1) is 0 Å². The lowest BCUT2D eigenvalue weighted by Gasteiger charge is -2.24. The fourth-order valence-corrected chi connectivity index (χ4v) is 4.07. The summed E-state index contributed by atoms with van der Waals surface area (Å²) in [6.07, 6.45) is 0.679. The monoisotopic (exact) mass is 413 g/mol. The molecule has 0 saturated carbocycles. The first-order valence-electron chi connectivity index (χ1n) is 9.22. The van der Waals surface area contributed by atoms with Crippen LogP contribution < -0.4 is 21.9 Å². The van der Waals surface area contributed by atoms with E-state index in [1.165, 1.54) is 12.1 Å². The fraction of sp³-hybridized carbons (Fsp3) is 0.174. The minimum absolute atomic E-state index is 0. The van der Waals surface area contributed by atoms with Crippen LogP contribution in [0.1, 0.15) is 23.6 Å². The van der Waals surface area contributed by atoms with Gasteiger partial charge >= 0.3 is 0 Å². The zero-order valence-electron chi connectivity index (χ0n) is 15.7. The summed E-state index contributed by atoms with van der Waals surface area (Å²) in [6.45, 7) is 2.18. The van der Waals surface area contributed by atoms with E-state index in [1.807, 2.05) is 23.6 Å². The molecule has 1 atom stereocenters. The van der Waals surface area contributed by atoms with Gasteiger partial charge in [0.2, 0.25) is 18.2 Å². The highest BCUT2D eigenvalue weighted by Crippen LogP contribution is 2.39. The third-order valence-electron chi connectivity index (χ3n) is 5.29. The molecule has 0 aliphatic carbocycles. The number of benzene rings is 3. The van der Waals surface area contributed by atoms with E-state index in [0.29, 0.717) is 34.9 Å². The maximum atomic E-state index is 14.9. The number of hydrogen-bond acceptors (Lipinski definition) is 2. The molecule has 5 rings (SSSR count). The van der Waals surface area contributed by atoms with Crippen LogP contribution in [0, 0.1) is 11.6 Å². The van der Waals surface area contributed by atoms with E-state index < -0.39 is 0 Å². The van der Waals surface area contributed by atoms with Gasteiger partial charge in [-0.05, 0) is 42.8 Å². The van der Waals surface area contributed by atoms with Crippen LogP contribution in [0.5, 0.6) is 11.5 Å². The number of nitrogens with zero attached hydrogens (tertiary/aromatic N) is 1. The first kappa shape index (κ1) is 19.4. The summed E-state index contributed by atoms with van der Waals surface area (Å²) in [4.78, 5) is 0. The molecular weight excluding hydrogens is 396 g/mol. The van der Waals surface area contributed by atoms with Crippen LogP contribution in [-0.2, 0) is 6.42 Å². The number of halogens is 3. The molecule has 2 heterocycles. The third kappa shape index (κ3) is 3.15. The van der Waals surface area contributed by atoms with Crippen molar-refractivity contribution >= 4 is 11.4 Å². The van der Waals surface area contributed by atoms with Crippen molar-refractivity contribution in [1.82, 2.24) is 0 Å². The largest absolute Gasteiger partial charge is 1.00 e. The molecule has 29 heavy (non-hydrogen) atoms. The number of rotatable bonds is 2. The first-order chi connectivity index (χ1) is 13.6. The van der Waals surface area contributed by atoms with Gasteiger partial charge in [0, 0.05) is 12.5 Å². The summed E-state index contributed by atoms with van der Waals surface area (Å²) in [6, 6.07) is 16.9. The van der Waals surface area contributed by atoms with E-state index in [4.69, 9.17) is 9.47 Å². The van der Waals surface area contributed by atoms with E-state index in [1.54, 1.807) is 36.4 Å². The number of fused-ring (bicyclic) bond motifs is 2. The predicted molar refractivity (Wildman–Crippen MR) is 102 cm³/mol. The Kier molecular flexibility index (Phi) is 5.01. The van der Waals surface area contributed by atoms with Gasteiger partial charge in [0.05, 0.1) is 11.1 Å². The van der Waals surface area contributed by atoms with Gasteiger partial charge in [0.15, 0.2) is 23.4 Å². The van der Waals surface area contributed by atoms with Crippen molar-refractivity contribution in [3.8, 4) is 11.5 Å². The van der Waals surface area contributed by atoms with Gasteiger partial charge in [0.25, 0.3) is 0 Å². The smallest absolute Gasteiger partial charge is 0.242 e. The Bertz CT molecular complexity index is 1130. The van der Waals surface area contributed by atoms with Gasteiger partial charge in [-0.3, -0.25) is 0 Å². The first-order valence-corrected chi connectivity index (χ1v) is 9.22. The van der Waals surface area contributed by atoms with E-state index in [-0.39, 0.29) is 36.9 Å². The molecule has 0 aromatic heterocycles. The lowest BCUT2D eigenvalue weighted by Crippen LogP contribution is -3.00. The minimum Gasteiger partial charge on any atom is -1.00 e. The van der Waals surface area contributed by atoms with E-state index >= 15 is 0 Å². The standard InChI is InChI=1S/C23H18F2NO2.ClH/c1-14-10-15-11-21-22(28-13-27-21)12-17(15)23(16-6-2-3-7-18(16)24)26(14)20-9-5-4-8-19(20)25;/h2-9,11-12,14H,10,13H2,1H3;1H/q+1;/p-1. The average Bonchev–Trinajstić information content (AvgIpc) is 3.14. The molecule has 148 valence electrons. The Hall–Kier alpha value is -2.92. The summed E-state index contributed by atoms with van der Waals surface area (Å²) < 4.78 is 42.6. The van der Waals surface area contributed by atoms with Crippen molar-refractivity contribution in [2.45, 2.75) is 19.4 Å². The SMILES string of the molecule is CC1Cc2cc3c(cc2C(c2ccccc2F)=[N+]1c1ccccc1F)OCO3.[Cl-]. The maximum absolute atomic E-state index is 14.9. The van der Waals surface area contributed by atoms with Gasteiger partial charge in [-0.1, -0.05) is 24.3 Å². The Labute approximate surface area is 173 Å². The molecule has 0 N–H and O–H groups in total. The molecule has 0 fully saturated rings. The predicted octanol–water partition coefficient (Wildman–Crippen LogP) is 1.82. The van der Waals surface area contributed by atoms with Crippen LogP contribution in [0.25, 0.3) is 0 Å². The van der Waals surface area contributed by atoms with Crippen LogP contribution >= 0.6 is 0 Å². The second-order valence-corrected chi connectivity index (χ2v) is 7.07. The molecule has 2 aliphatic heterocycles. The molecule has 2 aliphatic rings.